The Balaban J connectivity index is -0.0000000400. The summed E-state index contributed by atoms with van der Waals surface area (Å²) in [6.45, 7) is 8.61. The van der Waals surface area contributed by atoms with Crippen LogP contribution in [0, 0.1) is 0 Å². The first-order chi connectivity index (χ1) is 2.83. The molecule has 3 heteroatoms. The van der Waals surface area contributed by atoms with Gasteiger partial charge in [-0.05, 0) is 26.7 Å². The summed E-state index contributed by atoms with van der Waals surface area (Å²) in [5.74, 6) is 0. The molecule has 0 aliphatic heterocycles. The minimum Gasteiger partial charge on any atom is -0.344 e. The van der Waals surface area contributed by atoms with E-state index in [2.05, 4.69) is 26.7 Å². The van der Waals surface area contributed by atoms with Crippen molar-refractivity contribution in [1.82, 2.24) is 6.15 Å². The van der Waals surface area contributed by atoms with E-state index < -0.39 is 0 Å². The third-order valence-electron chi connectivity index (χ3n) is 0. The molecular weight excluding hydrogens is 124 g/mol. The summed E-state index contributed by atoms with van der Waals surface area (Å²) < 4.78 is 0. The summed E-state index contributed by atoms with van der Waals surface area (Å²) in [6.07, 6.45) is 0. The summed E-state index contributed by atoms with van der Waals surface area (Å²) in [5.41, 5.74) is 0. The molecule has 0 heterocycles. The van der Waals surface area contributed by atoms with Crippen molar-refractivity contribution in [2.45, 2.75) is 0 Å². The largest absolute Gasteiger partial charge is 0.344 e. The van der Waals surface area contributed by atoms with E-state index in [1.54, 1.807) is 0 Å². The summed E-state index contributed by atoms with van der Waals surface area (Å²) >= 11 is 0. The summed E-state index contributed by atoms with van der Waals surface area (Å²) in [5, 5.41) is 0. The maximum atomic E-state index is 2.15. The SMILES string of the molecule is CPC.CPC.N. The molecule has 0 atom stereocenters. The minimum absolute atomic E-state index is 0. The Bertz CT molecular complexity index is 11.7. The molecule has 0 saturated heterocycles. The first-order valence-electron chi connectivity index (χ1n) is 2.00. The van der Waals surface area contributed by atoms with Crippen LogP contribution >= 0.6 is 17.2 Å². The molecule has 0 aromatic heterocycles. The zero-order valence-corrected chi connectivity index (χ0v) is 7.71. The van der Waals surface area contributed by atoms with Crippen molar-refractivity contribution in [2.75, 3.05) is 26.7 Å². The second kappa shape index (κ2) is 29.0. The lowest BCUT2D eigenvalue weighted by atomic mass is 11.9. The Morgan fingerprint density at radius 1 is 0.714 bits per heavy atom. The van der Waals surface area contributed by atoms with Crippen LogP contribution in [0.1, 0.15) is 0 Å². The molecule has 0 fully saturated rings. The van der Waals surface area contributed by atoms with Gasteiger partial charge < -0.3 is 6.15 Å². The van der Waals surface area contributed by atoms with Gasteiger partial charge in [0.2, 0.25) is 0 Å². The van der Waals surface area contributed by atoms with Gasteiger partial charge in [0.1, 0.15) is 0 Å². The van der Waals surface area contributed by atoms with Gasteiger partial charge in [0.05, 0.1) is 0 Å². The number of rotatable bonds is 0. The van der Waals surface area contributed by atoms with E-state index in [9.17, 15) is 0 Å². The van der Waals surface area contributed by atoms with Crippen LogP contribution in [0.2, 0.25) is 0 Å². The van der Waals surface area contributed by atoms with Gasteiger partial charge >= 0.3 is 0 Å². The van der Waals surface area contributed by atoms with Crippen LogP contribution in [0.3, 0.4) is 0 Å². The average molecular weight is 141 g/mol. The fraction of sp³-hybridized carbons (Fsp3) is 1.00. The Morgan fingerprint density at radius 2 is 0.714 bits per heavy atom. The van der Waals surface area contributed by atoms with Crippen molar-refractivity contribution in [2.24, 2.45) is 0 Å². The maximum Gasteiger partial charge on any atom is -0.0475 e. The first kappa shape index (κ1) is 15.7. The standard InChI is InChI=1S/2C2H7P.H3N/c2*1-3-2;/h2*3H,1-2H3;1H3. The highest BCUT2D eigenvalue weighted by Crippen LogP contribution is 1.84. The van der Waals surface area contributed by atoms with Gasteiger partial charge in [0.15, 0.2) is 0 Å². The van der Waals surface area contributed by atoms with Crippen LogP contribution < -0.4 is 6.15 Å². The van der Waals surface area contributed by atoms with Crippen molar-refractivity contribution in [3.63, 3.8) is 0 Å². The molecule has 1 nitrogen and oxygen atoms in total. The van der Waals surface area contributed by atoms with Crippen molar-refractivity contribution in [3.8, 4) is 0 Å². The summed E-state index contributed by atoms with van der Waals surface area (Å²) in [7, 11) is 2.17. The minimum atomic E-state index is 0. The van der Waals surface area contributed by atoms with Crippen molar-refractivity contribution >= 4 is 17.2 Å². The molecule has 0 amide bonds. The van der Waals surface area contributed by atoms with Gasteiger partial charge in [-0.3, -0.25) is 0 Å². The molecule has 0 saturated carbocycles. The molecule has 0 aromatic rings. The van der Waals surface area contributed by atoms with Crippen LogP contribution in [-0.4, -0.2) is 26.7 Å². The van der Waals surface area contributed by atoms with E-state index in [0.717, 1.165) is 17.2 Å². The van der Waals surface area contributed by atoms with Gasteiger partial charge in [-0.15, -0.1) is 17.2 Å². The number of hydrogen-bond acceptors (Lipinski definition) is 1. The molecule has 0 unspecified atom stereocenters. The van der Waals surface area contributed by atoms with Gasteiger partial charge in [-0.25, -0.2) is 0 Å². The summed E-state index contributed by atoms with van der Waals surface area (Å²) in [4.78, 5) is 0. The van der Waals surface area contributed by atoms with E-state index in [0.29, 0.717) is 0 Å². The maximum absolute atomic E-state index is 2.15. The van der Waals surface area contributed by atoms with E-state index in [4.69, 9.17) is 0 Å². The fourth-order valence-electron chi connectivity index (χ4n) is 0. The van der Waals surface area contributed by atoms with E-state index in [-0.39, 0.29) is 6.15 Å². The topological polar surface area (TPSA) is 35.0 Å². The quantitative estimate of drug-likeness (QED) is 0.514. The molecule has 0 spiro atoms. The van der Waals surface area contributed by atoms with Gasteiger partial charge in [0.25, 0.3) is 0 Å². The molecular formula is C4H17NP2. The molecule has 0 rings (SSSR count). The molecule has 0 radical (unpaired) electrons. The highest BCUT2D eigenvalue weighted by molar-refractivity contribution is 7.36. The number of hydrogen-bond donors (Lipinski definition) is 1. The Morgan fingerprint density at radius 3 is 0.714 bits per heavy atom. The second-order valence-electron chi connectivity index (χ2n) is 1.00. The van der Waals surface area contributed by atoms with E-state index >= 15 is 0 Å². The monoisotopic (exact) mass is 141 g/mol. The van der Waals surface area contributed by atoms with Crippen LogP contribution in [0.25, 0.3) is 0 Å². The summed E-state index contributed by atoms with van der Waals surface area (Å²) in [6, 6.07) is 0. The lowest BCUT2D eigenvalue weighted by Crippen LogP contribution is -1.18. The molecule has 3 N–H and O–H groups in total. The molecule has 0 aliphatic carbocycles. The molecule has 0 aliphatic rings. The zero-order valence-electron chi connectivity index (χ0n) is 5.71. The van der Waals surface area contributed by atoms with Crippen LogP contribution in [-0.2, 0) is 0 Å². The van der Waals surface area contributed by atoms with Crippen LogP contribution in [0.4, 0.5) is 0 Å². The van der Waals surface area contributed by atoms with Gasteiger partial charge in [0, 0.05) is 0 Å². The molecule has 0 aromatic carbocycles. The Kier molecular flexibility index (Phi) is 65.0. The third-order valence-corrected chi connectivity index (χ3v) is 0. The zero-order chi connectivity index (χ0) is 5.41. The van der Waals surface area contributed by atoms with Crippen molar-refractivity contribution in [1.29, 1.82) is 0 Å². The van der Waals surface area contributed by atoms with Gasteiger partial charge in [-0.1, -0.05) is 0 Å². The van der Waals surface area contributed by atoms with Gasteiger partial charge in [-0.2, -0.15) is 0 Å². The normalized spacial score (nSPS) is 5.14. The van der Waals surface area contributed by atoms with Crippen LogP contribution in [0.5, 0.6) is 0 Å². The average Bonchev–Trinajstić information content (AvgIpc) is 1.39. The Hall–Kier alpha value is 0.820. The lowest BCUT2D eigenvalue weighted by molar-refractivity contribution is 2.13. The predicted octanol–water partition coefficient (Wildman–Crippen LogP) is 2.01. The molecule has 48 valence electrons. The Labute approximate surface area is 50.8 Å². The smallest absolute Gasteiger partial charge is 0.0475 e. The van der Waals surface area contributed by atoms with Crippen molar-refractivity contribution in [3.05, 3.63) is 0 Å². The second-order valence-corrected chi connectivity index (χ2v) is 3.00. The first-order valence-corrected chi connectivity index (χ1v) is 6.00. The van der Waals surface area contributed by atoms with Crippen molar-refractivity contribution < 1.29 is 0 Å². The highest BCUT2D eigenvalue weighted by Gasteiger charge is 1.33. The molecule has 7 heavy (non-hydrogen) atoms. The van der Waals surface area contributed by atoms with E-state index in [1.165, 1.54) is 0 Å². The lowest BCUT2D eigenvalue weighted by Gasteiger charge is -1.50. The molecule has 0 bridgehead atoms. The third kappa shape index (κ3) is 236. The highest BCUT2D eigenvalue weighted by atomic mass is 31.1. The predicted molar refractivity (Wildman–Crippen MR) is 45.3 cm³/mol. The fourth-order valence-corrected chi connectivity index (χ4v) is 0. The van der Waals surface area contributed by atoms with E-state index in [1.807, 2.05) is 0 Å². The van der Waals surface area contributed by atoms with Crippen LogP contribution in [0.15, 0.2) is 0 Å².